The topological polar surface area (TPSA) is 54.5 Å². The van der Waals surface area contributed by atoms with Crippen LogP contribution in [0.2, 0.25) is 0 Å². The molecule has 3 rings (SSSR count). The van der Waals surface area contributed by atoms with E-state index in [4.69, 9.17) is 0 Å². The largest absolute Gasteiger partial charge is 0.268 e. The Morgan fingerprint density at radius 3 is 2.55 bits per heavy atom. The van der Waals surface area contributed by atoms with Gasteiger partial charge >= 0.3 is 0 Å². The van der Waals surface area contributed by atoms with E-state index in [0.29, 0.717) is 16.3 Å². The van der Waals surface area contributed by atoms with Crippen LogP contribution < -0.4 is 4.31 Å². The van der Waals surface area contributed by atoms with Crippen LogP contribution in [0.15, 0.2) is 53.4 Å². The lowest BCUT2D eigenvalue weighted by Gasteiger charge is -2.30. The third-order valence-electron chi connectivity index (χ3n) is 3.79. The van der Waals surface area contributed by atoms with E-state index in [1.807, 2.05) is 31.2 Å². The zero-order valence-electron chi connectivity index (χ0n) is 12.2. The summed E-state index contributed by atoms with van der Waals surface area (Å²) >= 11 is 0. The Morgan fingerprint density at radius 2 is 1.77 bits per heavy atom. The molecule has 1 unspecified atom stereocenters. The minimum atomic E-state index is -3.50. The second kappa shape index (κ2) is 5.85. The van der Waals surface area contributed by atoms with Crippen molar-refractivity contribution in [1.29, 1.82) is 0 Å². The summed E-state index contributed by atoms with van der Waals surface area (Å²) in [5.41, 5.74) is 2.30. The van der Waals surface area contributed by atoms with Crippen molar-refractivity contribution in [2.75, 3.05) is 16.6 Å². The predicted molar refractivity (Wildman–Crippen MR) is 88.9 cm³/mol. The Hall–Kier alpha value is -1.66. The molecule has 0 aromatic heterocycles. The van der Waals surface area contributed by atoms with Crippen molar-refractivity contribution in [3.8, 4) is 0 Å². The Kier molecular flexibility index (Phi) is 4.06. The summed E-state index contributed by atoms with van der Waals surface area (Å²) in [6.45, 7) is 2.17. The highest BCUT2D eigenvalue weighted by Crippen LogP contribution is 2.31. The van der Waals surface area contributed by atoms with E-state index in [2.05, 4.69) is 0 Å². The van der Waals surface area contributed by atoms with Crippen LogP contribution >= 0.6 is 0 Å². The molecule has 6 heteroatoms. The van der Waals surface area contributed by atoms with Crippen LogP contribution in [-0.2, 0) is 26.6 Å². The van der Waals surface area contributed by atoms with Gasteiger partial charge in [-0.3, -0.25) is 8.51 Å². The van der Waals surface area contributed by atoms with E-state index in [1.54, 1.807) is 24.3 Å². The third kappa shape index (κ3) is 2.80. The van der Waals surface area contributed by atoms with Crippen LogP contribution in [0.5, 0.6) is 0 Å². The molecule has 4 nitrogen and oxygen atoms in total. The van der Waals surface area contributed by atoms with Crippen LogP contribution in [0.4, 0.5) is 5.69 Å². The Morgan fingerprint density at radius 1 is 1.09 bits per heavy atom. The summed E-state index contributed by atoms with van der Waals surface area (Å²) in [5, 5.41) is 0. The smallest absolute Gasteiger partial charge is 0.239 e. The summed E-state index contributed by atoms with van der Waals surface area (Å²) in [6, 6.07) is 14.5. The Bertz CT molecular complexity index is 831. The number of anilines is 1. The summed E-state index contributed by atoms with van der Waals surface area (Å²) in [4.78, 5) is 0.599. The maximum absolute atomic E-state index is 12.8. The van der Waals surface area contributed by atoms with Gasteiger partial charge in [-0.25, -0.2) is 8.42 Å². The van der Waals surface area contributed by atoms with Crippen LogP contribution in [0.25, 0.3) is 0 Å². The average Bonchev–Trinajstić information content (AvgIpc) is 2.50. The number of rotatable bonds is 3. The fourth-order valence-electron chi connectivity index (χ4n) is 2.59. The lowest BCUT2D eigenvalue weighted by atomic mass is 10.1. The first-order valence-electron chi connectivity index (χ1n) is 7.01. The minimum Gasteiger partial charge on any atom is -0.268 e. The van der Waals surface area contributed by atoms with Gasteiger partial charge in [0.2, 0.25) is 10.0 Å². The van der Waals surface area contributed by atoms with Crippen LogP contribution in [0.1, 0.15) is 11.1 Å². The quantitative estimate of drug-likeness (QED) is 0.866. The molecule has 1 aliphatic heterocycles. The number of hydrogen-bond acceptors (Lipinski definition) is 3. The molecule has 0 aliphatic carbocycles. The monoisotopic (exact) mass is 335 g/mol. The molecule has 0 amide bonds. The van der Waals surface area contributed by atoms with Gasteiger partial charge in [-0.15, -0.1) is 0 Å². The molecule has 0 N–H and O–H groups in total. The molecular weight excluding hydrogens is 318 g/mol. The first-order valence-corrected chi connectivity index (χ1v) is 9.94. The number of hydrogen-bond donors (Lipinski definition) is 0. The van der Waals surface area contributed by atoms with Crippen molar-refractivity contribution in [3.63, 3.8) is 0 Å². The molecule has 1 aliphatic rings. The highest BCUT2D eigenvalue weighted by Gasteiger charge is 2.30. The van der Waals surface area contributed by atoms with Crippen LogP contribution in [-0.4, -0.2) is 24.9 Å². The molecule has 0 bridgehead atoms. The van der Waals surface area contributed by atoms with Crippen molar-refractivity contribution in [2.45, 2.75) is 17.6 Å². The van der Waals surface area contributed by atoms with Gasteiger partial charge in [0.1, 0.15) is 0 Å². The molecule has 1 atom stereocenters. The molecule has 0 radical (unpaired) electrons. The molecule has 0 saturated carbocycles. The Labute approximate surface area is 133 Å². The van der Waals surface area contributed by atoms with Crippen molar-refractivity contribution in [2.24, 2.45) is 0 Å². The summed E-state index contributed by atoms with van der Waals surface area (Å²) in [6.07, 6.45) is 0. The van der Waals surface area contributed by atoms with Gasteiger partial charge in [0.15, 0.2) is 0 Å². The fraction of sp³-hybridized carbons (Fsp3) is 0.250. The predicted octanol–water partition coefficient (Wildman–Crippen LogP) is 2.45. The molecule has 0 spiro atoms. The van der Waals surface area contributed by atoms with E-state index >= 15 is 0 Å². The summed E-state index contributed by atoms with van der Waals surface area (Å²) in [5.74, 6) is 0.296. The minimum absolute atomic E-state index is 0.0410. The van der Waals surface area contributed by atoms with Crippen molar-refractivity contribution >= 4 is 26.5 Å². The zero-order valence-corrected chi connectivity index (χ0v) is 13.9. The highest BCUT2D eigenvalue weighted by molar-refractivity contribution is 7.92. The second-order valence-electron chi connectivity index (χ2n) is 5.27. The summed E-state index contributed by atoms with van der Waals surface area (Å²) < 4.78 is 39.1. The van der Waals surface area contributed by atoms with Gasteiger partial charge in [-0.05, 0) is 30.2 Å². The van der Waals surface area contributed by atoms with Crippen molar-refractivity contribution < 1.29 is 12.6 Å². The van der Waals surface area contributed by atoms with Crippen LogP contribution in [0.3, 0.4) is 0 Å². The molecule has 22 heavy (non-hydrogen) atoms. The van der Waals surface area contributed by atoms with E-state index in [1.165, 1.54) is 4.31 Å². The van der Waals surface area contributed by atoms with Gasteiger partial charge in [-0.1, -0.05) is 36.4 Å². The fourth-order valence-corrected chi connectivity index (χ4v) is 5.67. The number of para-hydroxylation sites is 1. The summed E-state index contributed by atoms with van der Waals surface area (Å²) in [7, 11) is -4.62. The normalized spacial score (nSPS) is 18.0. The maximum atomic E-state index is 12.8. The molecule has 0 fully saturated rings. The first kappa shape index (κ1) is 15.2. The number of aryl methyl sites for hydroxylation is 1. The molecule has 116 valence electrons. The molecule has 2 aromatic carbocycles. The van der Waals surface area contributed by atoms with Gasteiger partial charge in [0.25, 0.3) is 0 Å². The zero-order chi connectivity index (χ0) is 15.7. The number of fused-ring (bicyclic) bond motifs is 1. The third-order valence-corrected chi connectivity index (χ3v) is 6.91. The maximum Gasteiger partial charge on any atom is 0.239 e. The molecule has 1 heterocycles. The van der Waals surface area contributed by atoms with Gasteiger partial charge in [-0.2, -0.15) is 0 Å². The number of nitrogens with zero attached hydrogens (tertiary/aromatic N) is 1. The second-order valence-corrected chi connectivity index (χ2v) is 8.70. The van der Waals surface area contributed by atoms with Crippen molar-refractivity contribution in [3.05, 3.63) is 59.7 Å². The lowest BCUT2D eigenvalue weighted by Crippen LogP contribution is -2.39. The number of sulfonamides is 1. The van der Waals surface area contributed by atoms with E-state index in [0.717, 1.165) is 11.1 Å². The van der Waals surface area contributed by atoms with Crippen molar-refractivity contribution in [1.82, 2.24) is 0 Å². The Balaban J connectivity index is 1.99. The van der Waals surface area contributed by atoms with Gasteiger partial charge < -0.3 is 0 Å². The highest BCUT2D eigenvalue weighted by atomic mass is 32.2. The van der Waals surface area contributed by atoms with Crippen LogP contribution in [0, 0.1) is 6.92 Å². The lowest BCUT2D eigenvalue weighted by molar-refractivity contribution is 0.590. The van der Waals surface area contributed by atoms with Gasteiger partial charge in [0.05, 0.1) is 27.1 Å². The van der Waals surface area contributed by atoms with E-state index in [9.17, 15) is 12.6 Å². The van der Waals surface area contributed by atoms with E-state index in [-0.39, 0.29) is 12.3 Å². The first-order chi connectivity index (χ1) is 10.5. The SMILES string of the molecule is Cc1ccccc1CS(=O)(=O)N1CCS(=O)c2ccccc21. The standard InChI is InChI=1S/C16H17NO3S2/c1-13-6-2-3-7-14(13)12-22(19,20)17-10-11-21(18)16-9-5-4-8-15(16)17/h2-9H,10-12H2,1H3. The number of benzene rings is 2. The molecule has 2 aromatic rings. The molecular formula is C16H17NO3S2. The van der Waals surface area contributed by atoms with E-state index < -0.39 is 20.8 Å². The molecule has 0 saturated heterocycles. The average molecular weight is 335 g/mol. The van der Waals surface area contributed by atoms with Gasteiger partial charge in [0, 0.05) is 12.3 Å².